The number of pyridine rings is 1. The minimum absolute atomic E-state index is 0.139. The highest BCUT2D eigenvalue weighted by Crippen LogP contribution is 2.17. The first-order chi connectivity index (χ1) is 6.85. The summed E-state index contributed by atoms with van der Waals surface area (Å²) in [5.41, 5.74) is -0.358. The van der Waals surface area contributed by atoms with Crippen molar-refractivity contribution in [1.82, 2.24) is 9.88 Å². The summed E-state index contributed by atoms with van der Waals surface area (Å²) in [5.74, 6) is -0.630. The summed E-state index contributed by atoms with van der Waals surface area (Å²) >= 11 is 0. The number of aromatic nitrogens is 1. The second-order valence-corrected chi connectivity index (χ2v) is 4.17. The molecule has 4 heteroatoms. The van der Waals surface area contributed by atoms with Gasteiger partial charge in [0.05, 0.1) is 11.7 Å². The van der Waals surface area contributed by atoms with Crippen molar-refractivity contribution in [1.29, 1.82) is 0 Å². The number of halogens is 1. The van der Waals surface area contributed by atoms with E-state index in [0.717, 1.165) is 6.20 Å². The normalized spacial score (nSPS) is 11.9. The Labute approximate surface area is 88.9 Å². The van der Waals surface area contributed by atoms with Crippen LogP contribution in [-0.4, -0.2) is 35.3 Å². The van der Waals surface area contributed by atoms with E-state index < -0.39 is 11.4 Å². The van der Waals surface area contributed by atoms with Crippen molar-refractivity contribution in [2.24, 2.45) is 0 Å². The number of carbonyl (C=O) groups excluding carboxylic acids is 1. The van der Waals surface area contributed by atoms with Gasteiger partial charge in [-0.2, -0.15) is 0 Å². The maximum absolute atomic E-state index is 12.9. The van der Waals surface area contributed by atoms with Crippen molar-refractivity contribution < 1.29 is 9.18 Å². The summed E-state index contributed by atoms with van der Waals surface area (Å²) in [6.07, 6.45) is 2.47. The van der Waals surface area contributed by atoms with Gasteiger partial charge >= 0.3 is 0 Å². The molecule has 0 aliphatic heterocycles. The van der Waals surface area contributed by atoms with Crippen LogP contribution in [0, 0.1) is 5.82 Å². The molecule has 0 bridgehead atoms. The SMILES string of the molecule is CN(C)C(C)(C)C(=O)c1cncc(F)c1. The van der Waals surface area contributed by atoms with Crippen molar-refractivity contribution in [3.63, 3.8) is 0 Å². The second kappa shape index (κ2) is 4.06. The number of ketones is 1. The van der Waals surface area contributed by atoms with Gasteiger partial charge in [0, 0.05) is 11.8 Å². The highest BCUT2D eigenvalue weighted by Gasteiger charge is 2.31. The minimum Gasteiger partial charge on any atom is -0.297 e. The van der Waals surface area contributed by atoms with Crippen molar-refractivity contribution in [3.05, 3.63) is 29.8 Å². The number of likely N-dealkylation sites (N-methyl/N-ethyl adjacent to an activating group) is 1. The molecule has 0 amide bonds. The molecule has 3 nitrogen and oxygen atoms in total. The largest absolute Gasteiger partial charge is 0.297 e. The summed E-state index contributed by atoms with van der Waals surface area (Å²) in [6.45, 7) is 3.58. The highest BCUT2D eigenvalue weighted by atomic mass is 19.1. The molecule has 0 radical (unpaired) electrons. The maximum Gasteiger partial charge on any atom is 0.184 e. The molecule has 1 aromatic rings. The number of Topliss-reactive ketones (excluding diaryl/α,β-unsaturated/α-hetero) is 1. The Hall–Kier alpha value is -1.29. The molecular weight excluding hydrogens is 195 g/mol. The van der Waals surface area contributed by atoms with Crippen molar-refractivity contribution in [2.45, 2.75) is 19.4 Å². The summed E-state index contributed by atoms with van der Waals surface area (Å²) in [5, 5.41) is 0. The van der Waals surface area contributed by atoms with Crippen LogP contribution in [0.1, 0.15) is 24.2 Å². The molecule has 0 atom stereocenters. The van der Waals surface area contributed by atoms with Crippen LogP contribution in [0.3, 0.4) is 0 Å². The molecule has 15 heavy (non-hydrogen) atoms. The third kappa shape index (κ3) is 2.39. The Kier molecular flexibility index (Phi) is 3.19. The fourth-order valence-corrected chi connectivity index (χ4v) is 1.09. The molecule has 0 saturated heterocycles. The van der Waals surface area contributed by atoms with Crippen LogP contribution in [0.2, 0.25) is 0 Å². The lowest BCUT2D eigenvalue weighted by molar-refractivity contribution is 0.0754. The Morgan fingerprint density at radius 2 is 2.00 bits per heavy atom. The van der Waals surface area contributed by atoms with Gasteiger partial charge in [0.1, 0.15) is 5.82 Å². The quantitative estimate of drug-likeness (QED) is 0.712. The summed E-state index contributed by atoms with van der Waals surface area (Å²) in [4.78, 5) is 17.5. The van der Waals surface area contributed by atoms with Gasteiger partial charge in [0.15, 0.2) is 5.78 Å². The third-order valence-electron chi connectivity index (χ3n) is 2.64. The second-order valence-electron chi connectivity index (χ2n) is 4.17. The molecule has 0 saturated carbocycles. The zero-order valence-electron chi connectivity index (χ0n) is 9.41. The Balaban J connectivity index is 3.05. The predicted octanol–water partition coefficient (Wildman–Crippen LogP) is 1.74. The molecule has 0 N–H and O–H groups in total. The van der Waals surface area contributed by atoms with Gasteiger partial charge in [-0.25, -0.2) is 4.39 Å². The maximum atomic E-state index is 12.9. The van der Waals surface area contributed by atoms with Crippen molar-refractivity contribution in [2.75, 3.05) is 14.1 Å². The lowest BCUT2D eigenvalue weighted by Gasteiger charge is -2.30. The predicted molar refractivity (Wildman–Crippen MR) is 56.3 cm³/mol. The highest BCUT2D eigenvalue weighted by molar-refractivity contribution is 6.02. The lowest BCUT2D eigenvalue weighted by atomic mass is 9.93. The summed E-state index contributed by atoms with van der Waals surface area (Å²) in [7, 11) is 3.62. The van der Waals surface area contributed by atoms with Crippen LogP contribution in [0.4, 0.5) is 4.39 Å². The van der Waals surface area contributed by atoms with E-state index in [2.05, 4.69) is 4.98 Å². The fourth-order valence-electron chi connectivity index (χ4n) is 1.09. The number of hydrogen-bond acceptors (Lipinski definition) is 3. The molecule has 1 heterocycles. The number of hydrogen-bond donors (Lipinski definition) is 0. The van der Waals surface area contributed by atoms with Gasteiger partial charge in [0.25, 0.3) is 0 Å². The van der Waals surface area contributed by atoms with Crippen LogP contribution in [0.25, 0.3) is 0 Å². The number of carbonyl (C=O) groups is 1. The molecular formula is C11H15FN2O. The average molecular weight is 210 g/mol. The topological polar surface area (TPSA) is 33.2 Å². The average Bonchev–Trinajstić information content (AvgIpc) is 2.16. The molecule has 0 aliphatic carbocycles. The van der Waals surface area contributed by atoms with Crippen molar-refractivity contribution >= 4 is 5.78 Å². The van der Waals surface area contributed by atoms with Gasteiger partial charge in [-0.3, -0.25) is 14.7 Å². The smallest absolute Gasteiger partial charge is 0.184 e. The zero-order valence-corrected chi connectivity index (χ0v) is 9.41. The molecule has 0 spiro atoms. The molecule has 0 unspecified atom stereocenters. The molecule has 1 rings (SSSR count). The van der Waals surface area contributed by atoms with Crippen LogP contribution < -0.4 is 0 Å². The molecule has 0 fully saturated rings. The van der Waals surface area contributed by atoms with Crippen LogP contribution >= 0.6 is 0 Å². The van der Waals surface area contributed by atoms with E-state index in [1.54, 1.807) is 18.7 Å². The third-order valence-corrected chi connectivity index (χ3v) is 2.64. The van der Waals surface area contributed by atoms with E-state index in [1.807, 2.05) is 14.1 Å². The van der Waals surface area contributed by atoms with E-state index >= 15 is 0 Å². The monoisotopic (exact) mass is 210 g/mol. The number of nitrogens with zero attached hydrogens (tertiary/aromatic N) is 2. The molecule has 1 aromatic heterocycles. The van der Waals surface area contributed by atoms with Crippen molar-refractivity contribution in [3.8, 4) is 0 Å². The Morgan fingerprint density at radius 1 is 1.40 bits per heavy atom. The van der Waals surface area contributed by atoms with E-state index in [-0.39, 0.29) is 5.78 Å². The van der Waals surface area contributed by atoms with Crippen LogP contribution in [-0.2, 0) is 0 Å². The van der Waals surface area contributed by atoms with E-state index in [4.69, 9.17) is 0 Å². The number of rotatable bonds is 3. The van der Waals surface area contributed by atoms with E-state index in [0.29, 0.717) is 5.56 Å². The fraction of sp³-hybridized carbons (Fsp3) is 0.455. The molecule has 82 valence electrons. The molecule has 0 aromatic carbocycles. The molecule has 0 aliphatic rings. The van der Waals surface area contributed by atoms with E-state index in [9.17, 15) is 9.18 Å². The van der Waals surface area contributed by atoms with Gasteiger partial charge in [-0.05, 0) is 34.0 Å². The standard InChI is InChI=1S/C11H15FN2O/c1-11(2,14(3)4)10(15)8-5-9(12)7-13-6-8/h5-7H,1-4H3. The summed E-state index contributed by atoms with van der Waals surface area (Å²) < 4.78 is 12.9. The Morgan fingerprint density at radius 3 is 2.47 bits per heavy atom. The zero-order chi connectivity index (χ0) is 11.6. The van der Waals surface area contributed by atoms with E-state index in [1.165, 1.54) is 12.3 Å². The Bertz CT molecular complexity index is 375. The van der Waals surface area contributed by atoms with Gasteiger partial charge in [0.2, 0.25) is 0 Å². The van der Waals surface area contributed by atoms with Crippen LogP contribution in [0.5, 0.6) is 0 Å². The minimum atomic E-state index is -0.657. The van der Waals surface area contributed by atoms with Gasteiger partial charge in [-0.1, -0.05) is 0 Å². The first-order valence-corrected chi connectivity index (χ1v) is 4.68. The lowest BCUT2D eigenvalue weighted by Crippen LogP contribution is -2.45. The first-order valence-electron chi connectivity index (χ1n) is 4.68. The van der Waals surface area contributed by atoms with Crippen LogP contribution in [0.15, 0.2) is 18.5 Å². The van der Waals surface area contributed by atoms with Gasteiger partial charge in [-0.15, -0.1) is 0 Å². The van der Waals surface area contributed by atoms with Gasteiger partial charge < -0.3 is 0 Å². The first kappa shape index (κ1) is 11.8. The summed E-state index contributed by atoms with van der Waals surface area (Å²) in [6, 6.07) is 1.21.